The summed E-state index contributed by atoms with van der Waals surface area (Å²) in [5.74, 6) is 0.738. The van der Waals surface area contributed by atoms with Crippen LogP contribution in [0.1, 0.15) is 25.0 Å². The number of aryl methyl sites for hydroxylation is 1. The Balaban J connectivity index is 1.81. The number of hydrogen-bond donors (Lipinski definition) is 0. The molecule has 4 rings (SSSR count). The van der Waals surface area contributed by atoms with Gasteiger partial charge < -0.3 is 18.8 Å². The number of fused-ring (bicyclic) bond motifs is 1. The molecule has 0 N–H and O–H groups in total. The van der Waals surface area contributed by atoms with Crippen LogP contribution < -0.4 is 4.74 Å². The Morgan fingerprint density at radius 3 is 2.61 bits per heavy atom. The molecule has 2 aromatic carbocycles. The maximum Gasteiger partial charge on any atom is 0.247 e. The van der Waals surface area contributed by atoms with E-state index in [1.165, 1.54) is 0 Å². The molecule has 0 spiro atoms. The van der Waals surface area contributed by atoms with Crippen LogP contribution in [0.3, 0.4) is 0 Å². The number of rotatable bonds is 5. The van der Waals surface area contributed by atoms with Crippen LogP contribution in [0.4, 0.5) is 0 Å². The fraction of sp³-hybridized carbons (Fsp3) is 0.320. The number of carbonyl (C=O) groups excluding carboxylic acids is 1. The summed E-state index contributed by atoms with van der Waals surface area (Å²) in [6, 6.07) is 9.74. The zero-order valence-electron chi connectivity index (χ0n) is 18.0. The Hall–Kier alpha value is -2.76. The minimum Gasteiger partial charge on any atom is -0.493 e. The monoisotopic (exact) mass is 439 g/mol. The fourth-order valence-corrected chi connectivity index (χ4v) is 4.06. The van der Waals surface area contributed by atoms with Crippen molar-refractivity contribution in [2.45, 2.75) is 20.8 Å². The summed E-state index contributed by atoms with van der Waals surface area (Å²) < 4.78 is 17.3. The molecule has 0 bridgehead atoms. The van der Waals surface area contributed by atoms with Crippen LogP contribution in [0.2, 0.25) is 5.02 Å². The fourth-order valence-electron chi connectivity index (χ4n) is 3.93. The number of amides is 1. The first-order valence-corrected chi connectivity index (χ1v) is 10.9. The average Bonchev–Trinajstić information content (AvgIpc) is 3.21. The van der Waals surface area contributed by atoms with Crippen LogP contribution in [-0.2, 0) is 9.53 Å². The van der Waals surface area contributed by atoms with E-state index in [1.807, 2.05) is 49.9 Å². The van der Waals surface area contributed by atoms with Crippen molar-refractivity contribution in [1.82, 2.24) is 4.90 Å². The Bertz CT molecular complexity index is 1120. The van der Waals surface area contributed by atoms with E-state index in [0.717, 1.165) is 44.5 Å². The van der Waals surface area contributed by atoms with E-state index in [0.29, 0.717) is 37.9 Å². The van der Waals surface area contributed by atoms with Crippen LogP contribution in [0.15, 0.2) is 47.1 Å². The third kappa shape index (κ3) is 4.34. The van der Waals surface area contributed by atoms with Crippen molar-refractivity contribution >= 4 is 34.1 Å². The van der Waals surface area contributed by atoms with Crippen LogP contribution >= 0.6 is 11.6 Å². The van der Waals surface area contributed by atoms with Crippen molar-refractivity contribution < 1.29 is 18.7 Å². The van der Waals surface area contributed by atoms with Crippen LogP contribution in [0.5, 0.6) is 5.75 Å². The summed E-state index contributed by atoms with van der Waals surface area (Å²) in [5.41, 5.74) is 5.44. The van der Waals surface area contributed by atoms with E-state index in [9.17, 15) is 4.79 Å². The highest BCUT2D eigenvalue weighted by Gasteiger charge is 2.20. The second kappa shape index (κ2) is 9.16. The first kappa shape index (κ1) is 21.5. The molecule has 3 aromatic rings. The van der Waals surface area contributed by atoms with Crippen molar-refractivity contribution in [3.05, 3.63) is 58.8 Å². The number of hydrogen-bond acceptors (Lipinski definition) is 4. The molecule has 1 saturated heterocycles. The summed E-state index contributed by atoms with van der Waals surface area (Å²) in [5, 5.41) is 1.66. The number of morpholine rings is 1. The van der Waals surface area contributed by atoms with Crippen LogP contribution in [0, 0.1) is 6.92 Å². The molecule has 0 unspecified atom stereocenters. The maximum absolute atomic E-state index is 12.8. The van der Waals surface area contributed by atoms with Gasteiger partial charge in [-0.3, -0.25) is 4.79 Å². The number of furan rings is 1. The van der Waals surface area contributed by atoms with Gasteiger partial charge in [-0.1, -0.05) is 23.7 Å². The molecular formula is C25H26ClNO4. The molecule has 162 valence electrons. The molecular weight excluding hydrogens is 414 g/mol. The lowest BCUT2D eigenvalue weighted by Crippen LogP contribution is -2.39. The lowest BCUT2D eigenvalue weighted by molar-refractivity contribution is -0.129. The minimum absolute atomic E-state index is 0.00823. The Kier molecular flexibility index (Phi) is 6.35. The van der Waals surface area contributed by atoms with Crippen molar-refractivity contribution in [1.29, 1.82) is 0 Å². The first-order valence-electron chi connectivity index (χ1n) is 10.5. The Morgan fingerprint density at radius 2 is 1.94 bits per heavy atom. The average molecular weight is 440 g/mol. The number of benzene rings is 2. The van der Waals surface area contributed by atoms with E-state index in [2.05, 4.69) is 6.07 Å². The third-order valence-corrected chi connectivity index (χ3v) is 5.83. The van der Waals surface area contributed by atoms with E-state index in [4.69, 9.17) is 25.5 Å². The smallest absolute Gasteiger partial charge is 0.247 e. The molecule has 1 aliphatic rings. The number of allylic oxidation sites excluding steroid dienone is 1. The van der Waals surface area contributed by atoms with Gasteiger partial charge in [-0.25, -0.2) is 0 Å². The summed E-state index contributed by atoms with van der Waals surface area (Å²) in [6.45, 7) is 8.79. The molecule has 0 saturated carbocycles. The highest BCUT2D eigenvalue weighted by atomic mass is 35.5. The van der Waals surface area contributed by atoms with E-state index >= 15 is 0 Å². The van der Waals surface area contributed by atoms with E-state index in [1.54, 1.807) is 12.3 Å². The standard InChI is InChI=1S/C25H26ClNO4/c1-4-30-24-17(3)25-21(22(15-31-25)18-5-7-19(26)8-6-18)14-20(24)16(2)13-23(28)27-9-11-29-12-10-27/h5-8,13-15H,4,9-12H2,1-3H3/b16-13+. The van der Waals surface area contributed by atoms with Gasteiger partial charge in [-0.2, -0.15) is 0 Å². The Labute approximate surface area is 187 Å². The summed E-state index contributed by atoms with van der Waals surface area (Å²) in [6.07, 6.45) is 3.45. The van der Waals surface area contributed by atoms with Gasteiger partial charge in [-0.15, -0.1) is 0 Å². The maximum atomic E-state index is 12.8. The SMILES string of the molecule is CCOc1c(/C(C)=C/C(=O)N2CCOCC2)cc2c(-c3ccc(Cl)cc3)coc2c1C. The van der Waals surface area contributed by atoms with Gasteiger partial charge in [0.05, 0.1) is 26.1 Å². The minimum atomic E-state index is -0.00823. The molecule has 6 heteroatoms. The van der Waals surface area contributed by atoms with Gasteiger partial charge in [0.15, 0.2) is 0 Å². The molecule has 2 heterocycles. The molecule has 0 atom stereocenters. The summed E-state index contributed by atoms with van der Waals surface area (Å²) in [4.78, 5) is 14.6. The predicted molar refractivity (Wildman–Crippen MR) is 124 cm³/mol. The van der Waals surface area contributed by atoms with Crippen molar-refractivity contribution in [3.8, 4) is 16.9 Å². The molecule has 1 aliphatic heterocycles. The lowest BCUT2D eigenvalue weighted by Gasteiger charge is -2.26. The molecule has 1 fully saturated rings. The molecule has 0 aliphatic carbocycles. The quantitative estimate of drug-likeness (QED) is 0.477. The van der Waals surface area contributed by atoms with Gasteiger partial charge >= 0.3 is 0 Å². The number of carbonyl (C=O) groups is 1. The largest absolute Gasteiger partial charge is 0.493 e. The normalized spacial score (nSPS) is 14.8. The molecule has 1 aromatic heterocycles. The van der Waals surface area contributed by atoms with E-state index in [-0.39, 0.29) is 5.91 Å². The number of ether oxygens (including phenoxy) is 2. The lowest BCUT2D eigenvalue weighted by atomic mass is 9.96. The van der Waals surface area contributed by atoms with Crippen LogP contribution in [0.25, 0.3) is 27.7 Å². The zero-order valence-corrected chi connectivity index (χ0v) is 18.8. The summed E-state index contributed by atoms with van der Waals surface area (Å²) in [7, 11) is 0. The predicted octanol–water partition coefficient (Wildman–Crippen LogP) is 5.72. The highest BCUT2D eigenvalue weighted by molar-refractivity contribution is 6.30. The van der Waals surface area contributed by atoms with Gasteiger partial charge in [-0.05, 0) is 50.1 Å². The van der Waals surface area contributed by atoms with Crippen LogP contribution in [-0.4, -0.2) is 43.7 Å². The first-order chi connectivity index (χ1) is 15.0. The second-order valence-electron chi connectivity index (χ2n) is 7.61. The highest BCUT2D eigenvalue weighted by Crippen LogP contribution is 2.41. The van der Waals surface area contributed by atoms with Gasteiger partial charge in [0.2, 0.25) is 5.91 Å². The van der Waals surface area contributed by atoms with Gasteiger partial charge in [0, 0.05) is 46.3 Å². The van der Waals surface area contributed by atoms with Crippen molar-refractivity contribution in [2.24, 2.45) is 0 Å². The van der Waals surface area contributed by atoms with Crippen molar-refractivity contribution in [2.75, 3.05) is 32.9 Å². The number of halogens is 1. The molecule has 31 heavy (non-hydrogen) atoms. The number of nitrogens with zero attached hydrogens (tertiary/aromatic N) is 1. The topological polar surface area (TPSA) is 51.9 Å². The molecule has 1 amide bonds. The third-order valence-electron chi connectivity index (χ3n) is 5.58. The Morgan fingerprint density at radius 1 is 1.23 bits per heavy atom. The molecule has 5 nitrogen and oxygen atoms in total. The van der Waals surface area contributed by atoms with E-state index < -0.39 is 0 Å². The van der Waals surface area contributed by atoms with Gasteiger partial charge in [0.1, 0.15) is 11.3 Å². The van der Waals surface area contributed by atoms with Crippen molar-refractivity contribution in [3.63, 3.8) is 0 Å². The zero-order chi connectivity index (χ0) is 22.0. The molecule has 0 radical (unpaired) electrons. The van der Waals surface area contributed by atoms with Gasteiger partial charge in [0.25, 0.3) is 0 Å². The second-order valence-corrected chi connectivity index (χ2v) is 8.05. The summed E-state index contributed by atoms with van der Waals surface area (Å²) >= 11 is 6.06.